The molecule has 1 rings (SSSR count). The number of aromatic nitrogens is 1. The smallest absolute Gasteiger partial charge is 0.326 e. The molecule has 5 nitrogen and oxygen atoms in total. The van der Waals surface area contributed by atoms with Crippen molar-refractivity contribution >= 4 is 11.9 Å². The molecule has 0 aromatic carbocycles. The topological polar surface area (TPSA) is 71.3 Å². The van der Waals surface area contributed by atoms with Gasteiger partial charge in [0, 0.05) is 12.7 Å². The fraction of sp³-hybridized carbons (Fsp3) is 0.500. The average molecular weight is 238 g/mol. The number of carbonyl (C=O) groups is 2. The van der Waals surface area contributed by atoms with Gasteiger partial charge in [0.15, 0.2) is 0 Å². The van der Waals surface area contributed by atoms with Crippen LogP contribution in [0, 0.1) is 0 Å². The number of carbonyl (C=O) groups excluding carboxylic acids is 1. The second kappa shape index (κ2) is 6.08. The van der Waals surface area contributed by atoms with Gasteiger partial charge in [-0.1, -0.05) is 13.8 Å². The quantitative estimate of drug-likeness (QED) is 0.788. The first kappa shape index (κ1) is 13.3. The molecule has 0 spiro atoms. The zero-order valence-electron chi connectivity index (χ0n) is 10.1. The molecule has 0 saturated carbocycles. The van der Waals surface area contributed by atoms with E-state index in [1.807, 2.05) is 17.7 Å². The predicted molar refractivity (Wildman–Crippen MR) is 63.9 cm³/mol. The lowest BCUT2D eigenvalue weighted by atomic mass is 10.2. The summed E-state index contributed by atoms with van der Waals surface area (Å²) in [5, 5.41) is 11.4. The Morgan fingerprint density at radius 1 is 1.47 bits per heavy atom. The van der Waals surface area contributed by atoms with Gasteiger partial charge < -0.3 is 15.0 Å². The van der Waals surface area contributed by atoms with Crippen LogP contribution in [0.2, 0.25) is 0 Å². The lowest BCUT2D eigenvalue weighted by Gasteiger charge is -2.13. The zero-order valence-corrected chi connectivity index (χ0v) is 10.1. The first-order valence-electron chi connectivity index (χ1n) is 5.79. The summed E-state index contributed by atoms with van der Waals surface area (Å²) >= 11 is 0. The van der Waals surface area contributed by atoms with Crippen molar-refractivity contribution in [2.24, 2.45) is 0 Å². The molecule has 0 radical (unpaired) electrons. The molecule has 17 heavy (non-hydrogen) atoms. The summed E-state index contributed by atoms with van der Waals surface area (Å²) in [6, 6.07) is 2.65. The van der Waals surface area contributed by atoms with Crippen LogP contribution < -0.4 is 5.32 Å². The number of hydrogen-bond donors (Lipinski definition) is 2. The van der Waals surface area contributed by atoms with Crippen LogP contribution in [0.4, 0.5) is 0 Å². The zero-order chi connectivity index (χ0) is 12.8. The Morgan fingerprint density at radius 2 is 2.18 bits per heavy atom. The van der Waals surface area contributed by atoms with E-state index < -0.39 is 12.0 Å². The van der Waals surface area contributed by atoms with E-state index in [-0.39, 0.29) is 5.91 Å². The Labute approximate surface area is 100 Å². The van der Waals surface area contributed by atoms with Crippen molar-refractivity contribution < 1.29 is 14.7 Å². The third-order valence-corrected chi connectivity index (χ3v) is 2.54. The van der Waals surface area contributed by atoms with E-state index in [4.69, 9.17) is 5.11 Å². The monoisotopic (exact) mass is 238 g/mol. The van der Waals surface area contributed by atoms with E-state index in [9.17, 15) is 9.59 Å². The highest BCUT2D eigenvalue weighted by Crippen LogP contribution is 2.04. The summed E-state index contributed by atoms with van der Waals surface area (Å²) in [4.78, 5) is 22.7. The molecule has 0 aliphatic carbocycles. The van der Waals surface area contributed by atoms with Crippen molar-refractivity contribution in [3.05, 3.63) is 24.0 Å². The van der Waals surface area contributed by atoms with Crippen molar-refractivity contribution in [3.8, 4) is 0 Å². The van der Waals surface area contributed by atoms with Crippen molar-refractivity contribution in [1.29, 1.82) is 0 Å². The highest BCUT2D eigenvalue weighted by molar-refractivity contribution is 5.95. The number of nitrogens with one attached hydrogen (secondary N) is 1. The molecule has 0 fully saturated rings. The Bertz CT molecular complexity index is 398. The molecule has 1 heterocycles. The number of amides is 1. The molecule has 1 aromatic rings. The summed E-state index contributed by atoms with van der Waals surface area (Å²) in [5.41, 5.74) is 0.506. The van der Waals surface area contributed by atoms with Gasteiger partial charge in [-0.15, -0.1) is 0 Å². The minimum atomic E-state index is -1.01. The fourth-order valence-electron chi connectivity index (χ4n) is 1.63. The van der Waals surface area contributed by atoms with Crippen molar-refractivity contribution in [1.82, 2.24) is 9.88 Å². The Morgan fingerprint density at radius 3 is 2.71 bits per heavy atom. The van der Waals surface area contributed by atoms with Crippen LogP contribution in [0.3, 0.4) is 0 Å². The van der Waals surface area contributed by atoms with Crippen molar-refractivity contribution in [2.75, 3.05) is 0 Å². The molecular weight excluding hydrogens is 220 g/mol. The van der Waals surface area contributed by atoms with Crippen LogP contribution in [0.25, 0.3) is 0 Å². The Kier molecular flexibility index (Phi) is 4.75. The van der Waals surface area contributed by atoms with Crippen molar-refractivity contribution in [3.63, 3.8) is 0 Å². The number of carboxylic acids is 1. The van der Waals surface area contributed by atoms with Crippen LogP contribution in [-0.4, -0.2) is 27.6 Å². The molecule has 0 unspecified atom stereocenters. The summed E-state index contributed by atoms with van der Waals surface area (Å²) in [5.74, 6) is -1.34. The standard InChI is InChI=1S/C12H18N2O3/c1-3-7-14-8-5-6-10(14)11(15)13-9(4-2)12(16)17/h5-6,8-9H,3-4,7H2,1-2H3,(H,13,15)(H,16,17)/t9-/m1/s1. The van der Waals surface area contributed by atoms with E-state index >= 15 is 0 Å². The SMILES string of the molecule is CCCn1cccc1C(=O)N[C@H](CC)C(=O)O. The number of hydrogen-bond acceptors (Lipinski definition) is 2. The van der Waals surface area contributed by atoms with Crippen molar-refractivity contribution in [2.45, 2.75) is 39.3 Å². The molecule has 2 N–H and O–H groups in total. The highest BCUT2D eigenvalue weighted by Gasteiger charge is 2.19. The third kappa shape index (κ3) is 3.34. The van der Waals surface area contributed by atoms with Gasteiger partial charge in [-0.05, 0) is 25.0 Å². The Hall–Kier alpha value is -1.78. The lowest BCUT2D eigenvalue weighted by molar-refractivity contribution is -0.139. The number of nitrogens with zero attached hydrogens (tertiary/aromatic N) is 1. The third-order valence-electron chi connectivity index (χ3n) is 2.54. The maximum atomic E-state index is 11.9. The molecule has 1 aromatic heterocycles. The molecule has 0 aliphatic heterocycles. The minimum absolute atomic E-state index is 0.335. The number of aliphatic carboxylic acids is 1. The van der Waals surface area contributed by atoms with Gasteiger partial charge in [0.25, 0.3) is 5.91 Å². The maximum absolute atomic E-state index is 11.9. The van der Waals surface area contributed by atoms with E-state index in [0.717, 1.165) is 13.0 Å². The van der Waals surface area contributed by atoms with E-state index in [0.29, 0.717) is 12.1 Å². The van der Waals surface area contributed by atoms with Crippen LogP contribution in [0.15, 0.2) is 18.3 Å². The molecule has 94 valence electrons. The van der Waals surface area contributed by atoms with Gasteiger partial charge in [-0.2, -0.15) is 0 Å². The summed E-state index contributed by atoms with van der Waals surface area (Å²) in [7, 11) is 0. The summed E-state index contributed by atoms with van der Waals surface area (Å²) < 4.78 is 1.82. The Balaban J connectivity index is 2.75. The molecule has 1 amide bonds. The number of rotatable bonds is 6. The average Bonchev–Trinajstić information content (AvgIpc) is 2.74. The predicted octanol–water partition coefficient (Wildman–Crippen LogP) is 1.49. The minimum Gasteiger partial charge on any atom is -0.480 e. The van der Waals surface area contributed by atoms with Gasteiger partial charge in [-0.3, -0.25) is 4.79 Å². The maximum Gasteiger partial charge on any atom is 0.326 e. The van der Waals surface area contributed by atoms with Crippen LogP contribution in [0.5, 0.6) is 0 Å². The van der Waals surface area contributed by atoms with Crippen LogP contribution in [0.1, 0.15) is 37.2 Å². The highest BCUT2D eigenvalue weighted by atomic mass is 16.4. The number of aryl methyl sites for hydroxylation is 1. The molecule has 5 heteroatoms. The summed E-state index contributed by atoms with van der Waals surface area (Å²) in [6.45, 7) is 4.50. The fourth-order valence-corrected chi connectivity index (χ4v) is 1.63. The van der Waals surface area contributed by atoms with Gasteiger partial charge >= 0.3 is 5.97 Å². The second-order valence-corrected chi connectivity index (χ2v) is 3.86. The number of carboxylic acid groups (broad SMARTS) is 1. The van der Waals surface area contributed by atoms with E-state index in [1.54, 1.807) is 19.1 Å². The first-order chi connectivity index (χ1) is 8.10. The van der Waals surface area contributed by atoms with Gasteiger partial charge in [-0.25, -0.2) is 4.79 Å². The normalized spacial score (nSPS) is 12.1. The molecule has 1 atom stereocenters. The molecule has 0 saturated heterocycles. The molecular formula is C12H18N2O3. The summed E-state index contributed by atoms with van der Waals surface area (Å²) in [6.07, 6.45) is 3.11. The molecule has 0 aliphatic rings. The van der Waals surface area contributed by atoms with Gasteiger partial charge in [0.05, 0.1) is 0 Å². The van der Waals surface area contributed by atoms with Gasteiger partial charge in [0.1, 0.15) is 11.7 Å². The van der Waals surface area contributed by atoms with Crippen LogP contribution >= 0.6 is 0 Å². The van der Waals surface area contributed by atoms with Crippen LogP contribution in [-0.2, 0) is 11.3 Å². The van der Waals surface area contributed by atoms with E-state index in [1.165, 1.54) is 0 Å². The largest absolute Gasteiger partial charge is 0.480 e. The lowest BCUT2D eigenvalue weighted by Crippen LogP contribution is -2.40. The van der Waals surface area contributed by atoms with E-state index in [2.05, 4.69) is 5.32 Å². The second-order valence-electron chi connectivity index (χ2n) is 3.86. The van der Waals surface area contributed by atoms with Gasteiger partial charge in [0.2, 0.25) is 0 Å². The first-order valence-corrected chi connectivity index (χ1v) is 5.79. The molecule has 0 bridgehead atoms.